The molecule has 9 nitrogen and oxygen atoms in total. The quantitative estimate of drug-likeness (QED) is 0.437. The van der Waals surface area contributed by atoms with Crippen molar-refractivity contribution in [3.05, 3.63) is 52.0 Å². The molecule has 0 saturated carbocycles. The zero-order chi connectivity index (χ0) is 22.4. The van der Waals surface area contributed by atoms with Crippen molar-refractivity contribution in [1.29, 1.82) is 0 Å². The van der Waals surface area contributed by atoms with Crippen LogP contribution in [0, 0.1) is 13.8 Å². The molecule has 31 heavy (non-hydrogen) atoms. The Balaban J connectivity index is 1.50. The third-order valence-electron chi connectivity index (χ3n) is 4.72. The second kappa shape index (κ2) is 10.3. The van der Waals surface area contributed by atoms with E-state index in [2.05, 4.69) is 31.4 Å². The molecule has 3 aromatic rings. The molecule has 0 aliphatic rings. The van der Waals surface area contributed by atoms with Gasteiger partial charge in [0.05, 0.1) is 24.4 Å². The summed E-state index contributed by atoms with van der Waals surface area (Å²) in [6.07, 6.45) is 2.45. The Morgan fingerprint density at radius 3 is 2.45 bits per heavy atom. The number of methoxy groups -OCH3 is 2. The van der Waals surface area contributed by atoms with Crippen molar-refractivity contribution in [2.45, 2.75) is 33.5 Å². The van der Waals surface area contributed by atoms with Crippen LogP contribution in [0.3, 0.4) is 0 Å². The molecular formula is C21H26BrN5O4. The van der Waals surface area contributed by atoms with Gasteiger partial charge in [-0.2, -0.15) is 10.2 Å². The summed E-state index contributed by atoms with van der Waals surface area (Å²) in [6.45, 7) is 5.33. The molecule has 0 radical (unpaired) electrons. The number of rotatable bonds is 10. The summed E-state index contributed by atoms with van der Waals surface area (Å²) >= 11 is 3.52. The predicted molar refractivity (Wildman–Crippen MR) is 119 cm³/mol. The van der Waals surface area contributed by atoms with E-state index in [4.69, 9.17) is 14.2 Å². The second-order valence-electron chi connectivity index (χ2n) is 6.82. The summed E-state index contributed by atoms with van der Waals surface area (Å²) in [5.41, 5.74) is 2.36. The largest absolute Gasteiger partial charge is 0.493 e. The molecular weight excluding hydrogens is 466 g/mol. The van der Waals surface area contributed by atoms with E-state index in [1.54, 1.807) is 38.6 Å². The van der Waals surface area contributed by atoms with Crippen molar-refractivity contribution >= 4 is 21.8 Å². The highest BCUT2D eigenvalue weighted by Crippen LogP contribution is 2.36. The van der Waals surface area contributed by atoms with Gasteiger partial charge in [0.15, 0.2) is 18.2 Å². The first-order valence-electron chi connectivity index (χ1n) is 9.79. The molecule has 2 aromatic heterocycles. The number of para-hydroxylation sites is 1. The Morgan fingerprint density at radius 1 is 1.13 bits per heavy atom. The number of aromatic nitrogens is 4. The van der Waals surface area contributed by atoms with E-state index in [1.165, 1.54) is 4.68 Å². The van der Waals surface area contributed by atoms with Crippen LogP contribution in [0.15, 0.2) is 34.9 Å². The number of nitrogens with one attached hydrogen (secondary N) is 1. The van der Waals surface area contributed by atoms with Crippen LogP contribution >= 0.6 is 15.9 Å². The molecule has 0 spiro atoms. The molecule has 0 bridgehead atoms. The molecule has 0 saturated heterocycles. The van der Waals surface area contributed by atoms with Crippen molar-refractivity contribution in [2.24, 2.45) is 0 Å². The van der Waals surface area contributed by atoms with Gasteiger partial charge in [-0.3, -0.25) is 9.48 Å². The maximum atomic E-state index is 12.4. The van der Waals surface area contributed by atoms with Crippen LogP contribution in [0.5, 0.6) is 17.2 Å². The Labute approximate surface area is 189 Å². The van der Waals surface area contributed by atoms with Gasteiger partial charge in [-0.15, -0.1) is 0 Å². The zero-order valence-corrected chi connectivity index (χ0v) is 19.6. The minimum atomic E-state index is -0.233. The van der Waals surface area contributed by atoms with Gasteiger partial charge in [-0.1, -0.05) is 6.07 Å². The van der Waals surface area contributed by atoms with Crippen molar-refractivity contribution in [3.63, 3.8) is 0 Å². The molecule has 0 fully saturated rings. The zero-order valence-electron chi connectivity index (χ0n) is 18.0. The topological polar surface area (TPSA) is 92.4 Å². The molecule has 3 rings (SSSR count). The lowest BCUT2D eigenvalue weighted by Crippen LogP contribution is -2.26. The Bertz CT molecular complexity index is 1020. The highest BCUT2D eigenvalue weighted by molar-refractivity contribution is 9.10. The number of nitrogens with zero attached hydrogens (tertiary/aromatic N) is 4. The molecule has 1 amide bonds. The summed E-state index contributed by atoms with van der Waals surface area (Å²) < 4.78 is 20.9. The van der Waals surface area contributed by atoms with Crippen molar-refractivity contribution in [1.82, 2.24) is 24.9 Å². The van der Waals surface area contributed by atoms with E-state index < -0.39 is 0 Å². The van der Waals surface area contributed by atoms with Crippen LogP contribution in [-0.2, 0) is 13.3 Å². The molecule has 0 unspecified atom stereocenters. The van der Waals surface area contributed by atoms with Crippen molar-refractivity contribution in [2.75, 3.05) is 20.8 Å². The maximum absolute atomic E-state index is 12.4. The average molecular weight is 492 g/mol. The fourth-order valence-corrected chi connectivity index (χ4v) is 3.34. The van der Waals surface area contributed by atoms with E-state index in [1.807, 2.05) is 24.6 Å². The smallest absolute Gasteiger partial charge is 0.271 e. The summed E-state index contributed by atoms with van der Waals surface area (Å²) in [5.74, 6) is 1.35. The first-order valence-corrected chi connectivity index (χ1v) is 10.6. The lowest BCUT2D eigenvalue weighted by Gasteiger charge is -2.13. The molecule has 10 heteroatoms. The number of benzene rings is 1. The lowest BCUT2D eigenvalue weighted by atomic mass is 10.3. The van der Waals surface area contributed by atoms with Gasteiger partial charge in [0.1, 0.15) is 5.69 Å². The van der Waals surface area contributed by atoms with Crippen molar-refractivity contribution in [3.8, 4) is 17.2 Å². The van der Waals surface area contributed by atoms with Crippen LogP contribution < -0.4 is 19.5 Å². The number of aryl methyl sites for hydroxylation is 2. The van der Waals surface area contributed by atoms with E-state index in [-0.39, 0.29) is 12.6 Å². The maximum Gasteiger partial charge on any atom is 0.271 e. The Kier molecular flexibility index (Phi) is 7.56. The van der Waals surface area contributed by atoms with Gasteiger partial charge in [0.25, 0.3) is 5.91 Å². The molecule has 2 heterocycles. The minimum absolute atomic E-state index is 0.108. The number of halogens is 1. The summed E-state index contributed by atoms with van der Waals surface area (Å²) in [4.78, 5) is 12.4. The Hall–Kier alpha value is -3.01. The van der Waals surface area contributed by atoms with Crippen LogP contribution in [0.1, 0.15) is 28.3 Å². The van der Waals surface area contributed by atoms with Gasteiger partial charge < -0.3 is 19.5 Å². The molecule has 0 aliphatic carbocycles. The number of carbonyl (C=O) groups is 1. The first kappa shape index (κ1) is 22.7. The summed E-state index contributed by atoms with van der Waals surface area (Å²) in [7, 11) is 3.12. The van der Waals surface area contributed by atoms with E-state index in [0.29, 0.717) is 29.5 Å². The van der Waals surface area contributed by atoms with E-state index in [9.17, 15) is 4.79 Å². The standard InChI is InChI=1S/C21H26BrN5O4/c1-14-19(22)15(2)27(24-14)11-6-10-23-21(28)16-9-12-26(25-16)13-31-20-17(29-3)7-5-8-18(20)30-4/h5,7-9,12H,6,10-11,13H2,1-4H3,(H,23,28). The monoisotopic (exact) mass is 491 g/mol. The number of amides is 1. The van der Waals surface area contributed by atoms with Crippen LogP contribution in [0.2, 0.25) is 0 Å². The molecule has 1 N–H and O–H groups in total. The third kappa shape index (κ3) is 5.38. The third-order valence-corrected chi connectivity index (χ3v) is 5.87. The molecule has 166 valence electrons. The van der Waals surface area contributed by atoms with Gasteiger partial charge in [0.2, 0.25) is 5.75 Å². The summed E-state index contributed by atoms with van der Waals surface area (Å²) in [6, 6.07) is 7.03. The van der Waals surface area contributed by atoms with Crippen LogP contribution in [0.4, 0.5) is 0 Å². The van der Waals surface area contributed by atoms with Gasteiger partial charge in [-0.25, -0.2) is 4.68 Å². The number of hydrogen-bond acceptors (Lipinski definition) is 6. The number of hydrogen-bond donors (Lipinski definition) is 1. The van der Waals surface area contributed by atoms with E-state index >= 15 is 0 Å². The molecule has 0 atom stereocenters. The average Bonchev–Trinajstić information content (AvgIpc) is 3.35. The normalized spacial score (nSPS) is 10.7. The number of carbonyl (C=O) groups excluding carboxylic acids is 1. The highest BCUT2D eigenvalue weighted by Gasteiger charge is 2.13. The van der Waals surface area contributed by atoms with Crippen LogP contribution in [0.25, 0.3) is 0 Å². The minimum Gasteiger partial charge on any atom is -0.493 e. The van der Waals surface area contributed by atoms with Crippen LogP contribution in [-0.4, -0.2) is 46.2 Å². The fraction of sp³-hybridized carbons (Fsp3) is 0.381. The molecule has 0 aliphatic heterocycles. The summed E-state index contributed by atoms with van der Waals surface area (Å²) in [5, 5.41) is 11.6. The molecule has 1 aromatic carbocycles. The Morgan fingerprint density at radius 2 is 1.84 bits per heavy atom. The van der Waals surface area contributed by atoms with Gasteiger partial charge >= 0.3 is 0 Å². The second-order valence-corrected chi connectivity index (χ2v) is 7.62. The van der Waals surface area contributed by atoms with Gasteiger partial charge in [0, 0.05) is 25.0 Å². The fourth-order valence-electron chi connectivity index (χ4n) is 3.06. The highest BCUT2D eigenvalue weighted by atomic mass is 79.9. The predicted octanol–water partition coefficient (Wildman–Crippen LogP) is 3.33. The van der Waals surface area contributed by atoms with Gasteiger partial charge in [-0.05, 0) is 54.4 Å². The lowest BCUT2D eigenvalue weighted by molar-refractivity contribution is 0.0945. The SMILES string of the molecule is COc1cccc(OC)c1OCn1ccc(C(=O)NCCCn2nc(C)c(Br)c2C)n1. The first-order chi connectivity index (χ1) is 14.9. The van der Waals surface area contributed by atoms with E-state index in [0.717, 1.165) is 28.8 Å². The number of ether oxygens (including phenoxy) is 3. The van der Waals surface area contributed by atoms with Crippen molar-refractivity contribution < 1.29 is 19.0 Å².